The van der Waals surface area contributed by atoms with Crippen LogP contribution in [0.25, 0.3) is 0 Å². The van der Waals surface area contributed by atoms with E-state index in [2.05, 4.69) is 5.92 Å². The van der Waals surface area contributed by atoms with Gasteiger partial charge in [-0.05, 0) is 42.4 Å². The molecule has 1 aromatic rings. The number of benzene rings is 1. The molecular weight excluding hydrogens is 228 g/mol. The topological polar surface area (TPSA) is 46.5 Å². The fourth-order valence-electron chi connectivity index (χ4n) is 2.36. The summed E-state index contributed by atoms with van der Waals surface area (Å²) < 4.78 is 5.19. The van der Waals surface area contributed by atoms with Crippen LogP contribution >= 0.6 is 0 Å². The number of aryl methyl sites for hydroxylation is 2. The molecule has 0 saturated carbocycles. The molecule has 0 aliphatic heterocycles. The van der Waals surface area contributed by atoms with Crippen LogP contribution in [0.5, 0.6) is 0 Å². The van der Waals surface area contributed by atoms with Gasteiger partial charge in [0.2, 0.25) is 0 Å². The summed E-state index contributed by atoms with van der Waals surface area (Å²) in [5, 5.41) is 9.16. The number of ether oxygens (including phenoxy) is 1. The van der Waals surface area contributed by atoms with Gasteiger partial charge in [-0.15, -0.1) is 6.42 Å². The Bertz CT molecular complexity index is 485. The van der Waals surface area contributed by atoms with E-state index in [1.807, 2.05) is 18.2 Å². The first-order valence-electron chi connectivity index (χ1n) is 6.12. The fraction of sp³-hybridized carbons (Fsp3) is 0.400. The lowest BCUT2D eigenvalue weighted by Gasteiger charge is -2.19. The van der Waals surface area contributed by atoms with Crippen molar-refractivity contribution in [1.29, 1.82) is 0 Å². The number of hydrogen-bond acceptors (Lipinski definition) is 2. The Morgan fingerprint density at radius 3 is 2.78 bits per heavy atom. The van der Waals surface area contributed by atoms with E-state index in [1.165, 1.54) is 24.0 Å². The first-order chi connectivity index (χ1) is 8.72. The van der Waals surface area contributed by atoms with Crippen molar-refractivity contribution in [3.63, 3.8) is 0 Å². The van der Waals surface area contributed by atoms with E-state index in [0.29, 0.717) is 5.56 Å². The molecule has 94 valence electrons. The zero-order valence-electron chi connectivity index (χ0n) is 10.2. The highest BCUT2D eigenvalue weighted by Crippen LogP contribution is 2.26. The number of terminal acetylenes is 1. The van der Waals surface area contributed by atoms with Gasteiger partial charge in [0.1, 0.15) is 6.61 Å². The summed E-state index contributed by atoms with van der Waals surface area (Å²) in [7, 11) is 0. The van der Waals surface area contributed by atoms with E-state index in [9.17, 15) is 4.79 Å². The van der Waals surface area contributed by atoms with Crippen molar-refractivity contribution >= 4 is 5.97 Å². The van der Waals surface area contributed by atoms with Crippen molar-refractivity contribution in [1.82, 2.24) is 0 Å². The molecule has 0 spiro atoms. The second kappa shape index (κ2) is 5.70. The second-order valence-corrected chi connectivity index (χ2v) is 4.47. The Labute approximate surface area is 107 Å². The zero-order valence-corrected chi connectivity index (χ0v) is 10.2. The molecule has 18 heavy (non-hydrogen) atoms. The molecule has 2 rings (SSSR count). The largest absolute Gasteiger partial charge is 0.479 e. The highest BCUT2D eigenvalue weighted by atomic mass is 16.5. The van der Waals surface area contributed by atoms with Crippen LogP contribution < -0.4 is 0 Å². The molecule has 1 unspecified atom stereocenters. The summed E-state index contributed by atoms with van der Waals surface area (Å²) in [5.74, 6) is 1.30. The molecule has 1 aliphatic carbocycles. The molecule has 0 fully saturated rings. The Morgan fingerprint density at radius 1 is 1.39 bits per heavy atom. The standard InChI is InChI=1S/C15H16O3/c1-2-9-18-14(15(16)17)13-8-7-11-5-3-4-6-12(11)10-13/h1,7-8,10,14H,3-6,9H2,(H,16,17). The summed E-state index contributed by atoms with van der Waals surface area (Å²) in [4.78, 5) is 11.2. The van der Waals surface area contributed by atoms with Gasteiger partial charge in [-0.25, -0.2) is 4.79 Å². The third kappa shape index (κ3) is 2.72. The average Bonchev–Trinajstić information content (AvgIpc) is 2.38. The normalized spacial score (nSPS) is 15.5. The maximum absolute atomic E-state index is 11.2. The van der Waals surface area contributed by atoms with Crippen LogP contribution in [0, 0.1) is 12.3 Å². The van der Waals surface area contributed by atoms with Gasteiger partial charge in [0.15, 0.2) is 6.10 Å². The quantitative estimate of drug-likeness (QED) is 0.827. The predicted molar refractivity (Wildman–Crippen MR) is 68.2 cm³/mol. The molecular formula is C15H16O3. The highest BCUT2D eigenvalue weighted by molar-refractivity contribution is 5.74. The molecule has 1 N–H and O–H groups in total. The summed E-state index contributed by atoms with van der Waals surface area (Å²) in [6.45, 7) is 0.00799. The van der Waals surface area contributed by atoms with E-state index in [1.54, 1.807) is 0 Å². The SMILES string of the molecule is C#CCOC(C(=O)O)c1ccc2c(c1)CCCC2. The van der Waals surface area contributed by atoms with Crippen LogP contribution in [0.4, 0.5) is 0 Å². The van der Waals surface area contributed by atoms with E-state index >= 15 is 0 Å². The summed E-state index contributed by atoms with van der Waals surface area (Å²) in [5.41, 5.74) is 3.25. The third-order valence-electron chi connectivity index (χ3n) is 3.23. The Morgan fingerprint density at radius 2 is 2.11 bits per heavy atom. The number of rotatable bonds is 4. The molecule has 0 radical (unpaired) electrons. The van der Waals surface area contributed by atoms with Gasteiger partial charge in [0, 0.05) is 0 Å². The highest BCUT2D eigenvalue weighted by Gasteiger charge is 2.21. The zero-order chi connectivity index (χ0) is 13.0. The van der Waals surface area contributed by atoms with Crippen LogP contribution in [0.15, 0.2) is 18.2 Å². The van der Waals surface area contributed by atoms with Crippen molar-refractivity contribution < 1.29 is 14.6 Å². The number of carboxylic acid groups (broad SMARTS) is 1. The minimum Gasteiger partial charge on any atom is -0.479 e. The molecule has 0 heterocycles. The van der Waals surface area contributed by atoms with Gasteiger partial charge < -0.3 is 9.84 Å². The van der Waals surface area contributed by atoms with Crippen LogP contribution in [0.1, 0.15) is 35.6 Å². The van der Waals surface area contributed by atoms with E-state index < -0.39 is 12.1 Å². The van der Waals surface area contributed by atoms with Gasteiger partial charge in [-0.3, -0.25) is 0 Å². The molecule has 0 amide bonds. The van der Waals surface area contributed by atoms with E-state index in [0.717, 1.165) is 12.8 Å². The van der Waals surface area contributed by atoms with E-state index in [4.69, 9.17) is 16.3 Å². The van der Waals surface area contributed by atoms with Crippen LogP contribution in [0.2, 0.25) is 0 Å². The number of carbonyl (C=O) groups is 1. The van der Waals surface area contributed by atoms with Gasteiger partial charge in [0.25, 0.3) is 0 Å². The molecule has 1 aliphatic rings. The molecule has 0 saturated heterocycles. The van der Waals surface area contributed by atoms with Gasteiger partial charge >= 0.3 is 5.97 Å². The van der Waals surface area contributed by atoms with Crippen LogP contribution in [0.3, 0.4) is 0 Å². The number of carboxylic acids is 1. The number of aliphatic carboxylic acids is 1. The van der Waals surface area contributed by atoms with Crippen LogP contribution in [-0.4, -0.2) is 17.7 Å². The Kier molecular flexibility index (Phi) is 4.01. The van der Waals surface area contributed by atoms with E-state index in [-0.39, 0.29) is 6.61 Å². The molecule has 1 atom stereocenters. The fourth-order valence-corrected chi connectivity index (χ4v) is 2.36. The molecule has 3 heteroatoms. The van der Waals surface area contributed by atoms with Crippen molar-refractivity contribution in [2.45, 2.75) is 31.8 Å². The predicted octanol–water partition coefficient (Wildman–Crippen LogP) is 2.34. The lowest BCUT2D eigenvalue weighted by Crippen LogP contribution is -2.16. The second-order valence-electron chi connectivity index (χ2n) is 4.47. The van der Waals surface area contributed by atoms with Gasteiger partial charge in [0.05, 0.1) is 0 Å². The van der Waals surface area contributed by atoms with Crippen molar-refractivity contribution in [3.8, 4) is 12.3 Å². The molecule has 0 bridgehead atoms. The van der Waals surface area contributed by atoms with Gasteiger partial charge in [-0.2, -0.15) is 0 Å². The monoisotopic (exact) mass is 244 g/mol. The van der Waals surface area contributed by atoms with Gasteiger partial charge in [-0.1, -0.05) is 24.1 Å². The minimum atomic E-state index is -0.999. The van der Waals surface area contributed by atoms with Crippen molar-refractivity contribution in [2.75, 3.05) is 6.61 Å². The first kappa shape index (κ1) is 12.7. The van der Waals surface area contributed by atoms with Crippen molar-refractivity contribution in [3.05, 3.63) is 34.9 Å². The maximum Gasteiger partial charge on any atom is 0.337 e. The third-order valence-corrected chi connectivity index (χ3v) is 3.23. The van der Waals surface area contributed by atoms with Crippen LogP contribution in [-0.2, 0) is 22.4 Å². The summed E-state index contributed by atoms with van der Waals surface area (Å²) in [6, 6.07) is 5.79. The smallest absolute Gasteiger partial charge is 0.337 e. The first-order valence-corrected chi connectivity index (χ1v) is 6.12. The Balaban J connectivity index is 2.25. The lowest BCUT2D eigenvalue weighted by atomic mass is 9.89. The molecule has 0 aromatic heterocycles. The summed E-state index contributed by atoms with van der Waals surface area (Å²) >= 11 is 0. The summed E-state index contributed by atoms with van der Waals surface area (Å²) in [6.07, 6.45) is 8.61. The van der Waals surface area contributed by atoms with Crippen molar-refractivity contribution in [2.24, 2.45) is 0 Å². The lowest BCUT2D eigenvalue weighted by molar-refractivity contribution is -0.149. The Hall–Kier alpha value is -1.79. The average molecular weight is 244 g/mol. The number of hydrogen-bond donors (Lipinski definition) is 1. The molecule has 1 aromatic carbocycles. The molecule has 3 nitrogen and oxygen atoms in total. The maximum atomic E-state index is 11.2. The number of fused-ring (bicyclic) bond motifs is 1. The minimum absolute atomic E-state index is 0.00799.